The van der Waals surface area contributed by atoms with Gasteiger partial charge in [0, 0.05) is 30.2 Å². The smallest absolute Gasteiger partial charge is 0.0938 e. The summed E-state index contributed by atoms with van der Waals surface area (Å²) in [4.78, 5) is 4.11. The first-order valence-electron chi connectivity index (χ1n) is 6.09. The molecule has 1 fully saturated rings. The zero-order valence-electron chi connectivity index (χ0n) is 9.71. The van der Waals surface area contributed by atoms with Gasteiger partial charge in [-0.25, -0.2) is 0 Å². The maximum atomic E-state index is 4.58. The quantitative estimate of drug-likeness (QED) is 0.869. The molecule has 0 spiro atoms. The number of nitrogens with one attached hydrogen (secondary N) is 1. The first kappa shape index (κ1) is 10.5. The lowest BCUT2D eigenvalue weighted by Gasteiger charge is -2.09. The summed E-state index contributed by atoms with van der Waals surface area (Å²) >= 11 is 0. The molecule has 0 unspecified atom stereocenters. The predicted molar refractivity (Wildman–Crippen MR) is 66.5 cm³/mol. The minimum Gasteiger partial charge on any atom is -0.312 e. The molecule has 0 bridgehead atoms. The van der Waals surface area contributed by atoms with Crippen LogP contribution in [0.5, 0.6) is 0 Å². The molecule has 1 saturated heterocycles. The Balaban J connectivity index is 1.74. The second-order valence-electron chi connectivity index (χ2n) is 4.46. The van der Waals surface area contributed by atoms with Crippen LogP contribution in [0.1, 0.15) is 12.8 Å². The van der Waals surface area contributed by atoms with E-state index in [-0.39, 0.29) is 0 Å². The van der Waals surface area contributed by atoms with E-state index in [2.05, 4.69) is 15.4 Å². The van der Waals surface area contributed by atoms with E-state index in [9.17, 15) is 0 Å². The van der Waals surface area contributed by atoms with Crippen LogP contribution in [-0.2, 0) is 6.54 Å². The predicted octanol–water partition coefficient (Wildman–Crippen LogP) is 1.70. The van der Waals surface area contributed by atoms with Gasteiger partial charge in [-0.1, -0.05) is 0 Å². The fourth-order valence-corrected chi connectivity index (χ4v) is 2.27. The van der Waals surface area contributed by atoms with Crippen LogP contribution in [0.4, 0.5) is 0 Å². The van der Waals surface area contributed by atoms with Crippen LogP contribution in [-0.4, -0.2) is 27.4 Å². The Labute approximate surface area is 101 Å². The topological polar surface area (TPSA) is 42.7 Å². The number of aromatic nitrogens is 3. The summed E-state index contributed by atoms with van der Waals surface area (Å²) in [5, 5.41) is 8.06. The molecule has 4 heteroatoms. The minimum atomic E-state index is 0.580. The summed E-state index contributed by atoms with van der Waals surface area (Å²) in [7, 11) is 0. The molecule has 1 atom stereocenters. The third kappa shape index (κ3) is 2.36. The van der Waals surface area contributed by atoms with E-state index in [0.717, 1.165) is 24.3 Å². The van der Waals surface area contributed by atoms with Crippen molar-refractivity contribution >= 4 is 0 Å². The van der Waals surface area contributed by atoms with Gasteiger partial charge in [-0.05, 0) is 37.6 Å². The highest BCUT2D eigenvalue weighted by molar-refractivity contribution is 5.56. The highest BCUT2D eigenvalue weighted by atomic mass is 15.3. The summed E-state index contributed by atoms with van der Waals surface area (Å²) in [6.45, 7) is 2.10. The molecule has 3 heterocycles. The van der Waals surface area contributed by atoms with Gasteiger partial charge in [0.15, 0.2) is 0 Å². The van der Waals surface area contributed by atoms with E-state index in [4.69, 9.17) is 0 Å². The lowest BCUT2D eigenvalue weighted by Crippen LogP contribution is -2.26. The zero-order chi connectivity index (χ0) is 11.5. The number of pyridine rings is 1. The Bertz CT molecular complexity index is 471. The van der Waals surface area contributed by atoms with Gasteiger partial charge in [0.1, 0.15) is 0 Å². The second kappa shape index (κ2) is 4.67. The lowest BCUT2D eigenvalue weighted by molar-refractivity contribution is 0.477. The van der Waals surface area contributed by atoms with Crippen molar-refractivity contribution in [1.29, 1.82) is 0 Å². The molecule has 0 saturated carbocycles. The van der Waals surface area contributed by atoms with Crippen LogP contribution in [0.25, 0.3) is 11.3 Å². The number of hydrogen-bond acceptors (Lipinski definition) is 3. The van der Waals surface area contributed by atoms with Crippen LogP contribution < -0.4 is 5.32 Å². The zero-order valence-corrected chi connectivity index (χ0v) is 9.71. The summed E-state index contributed by atoms with van der Waals surface area (Å²) in [5.41, 5.74) is 2.07. The molecule has 0 aromatic carbocycles. The van der Waals surface area contributed by atoms with Crippen molar-refractivity contribution in [2.75, 3.05) is 6.54 Å². The molecule has 4 nitrogen and oxygen atoms in total. The van der Waals surface area contributed by atoms with Gasteiger partial charge in [-0.3, -0.25) is 9.67 Å². The highest BCUT2D eigenvalue weighted by Crippen LogP contribution is 2.15. The summed E-state index contributed by atoms with van der Waals surface area (Å²) < 4.78 is 2.02. The third-order valence-corrected chi connectivity index (χ3v) is 3.17. The Morgan fingerprint density at radius 2 is 2.41 bits per heavy atom. The van der Waals surface area contributed by atoms with Gasteiger partial charge in [-0.2, -0.15) is 5.10 Å². The van der Waals surface area contributed by atoms with Gasteiger partial charge in [-0.15, -0.1) is 0 Å². The van der Waals surface area contributed by atoms with Crippen molar-refractivity contribution in [3.05, 3.63) is 36.8 Å². The van der Waals surface area contributed by atoms with Crippen LogP contribution in [0.2, 0.25) is 0 Å². The van der Waals surface area contributed by atoms with Crippen molar-refractivity contribution in [3.8, 4) is 11.3 Å². The van der Waals surface area contributed by atoms with E-state index in [1.807, 2.05) is 35.3 Å². The average molecular weight is 228 g/mol. The lowest BCUT2D eigenvalue weighted by atomic mass is 10.2. The fourth-order valence-electron chi connectivity index (χ4n) is 2.27. The molecule has 0 amide bonds. The van der Waals surface area contributed by atoms with Crippen molar-refractivity contribution in [2.45, 2.75) is 25.4 Å². The van der Waals surface area contributed by atoms with Crippen LogP contribution >= 0.6 is 0 Å². The molecule has 2 aromatic rings. The standard InChI is InChI=1S/C13H16N4/c1-3-11(9-14-6-1)13-5-8-17(16-13)10-12-4-2-7-15-12/h1,3,5-6,8-9,12,15H,2,4,7,10H2/t12-/m1/s1. The van der Waals surface area contributed by atoms with Gasteiger partial charge < -0.3 is 5.32 Å². The van der Waals surface area contributed by atoms with Crippen LogP contribution in [0, 0.1) is 0 Å². The average Bonchev–Trinajstić information content (AvgIpc) is 3.02. The Hall–Kier alpha value is -1.68. The molecule has 1 aliphatic heterocycles. The fraction of sp³-hybridized carbons (Fsp3) is 0.385. The Kier molecular flexibility index (Phi) is 2.88. The highest BCUT2D eigenvalue weighted by Gasteiger charge is 2.14. The monoisotopic (exact) mass is 228 g/mol. The van der Waals surface area contributed by atoms with E-state index in [0.29, 0.717) is 6.04 Å². The molecule has 17 heavy (non-hydrogen) atoms. The molecule has 2 aromatic heterocycles. The summed E-state index contributed by atoms with van der Waals surface area (Å²) in [6.07, 6.45) is 8.20. The first-order valence-corrected chi connectivity index (χ1v) is 6.09. The molecule has 0 radical (unpaired) electrons. The number of hydrogen-bond donors (Lipinski definition) is 1. The minimum absolute atomic E-state index is 0.580. The summed E-state index contributed by atoms with van der Waals surface area (Å²) in [6, 6.07) is 6.60. The van der Waals surface area contributed by atoms with E-state index in [1.54, 1.807) is 6.20 Å². The van der Waals surface area contributed by atoms with Crippen LogP contribution in [0.15, 0.2) is 36.8 Å². The molecular weight excluding hydrogens is 212 g/mol. The number of rotatable bonds is 3. The molecule has 0 aliphatic carbocycles. The first-order chi connectivity index (χ1) is 8.42. The summed E-state index contributed by atoms with van der Waals surface area (Å²) in [5.74, 6) is 0. The maximum Gasteiger partial charge on any atom is 0.0938 e. The largest absolute Gasteiger partial charge is 0.312 e. The van der Waals surface area contributed by atoms with Crippen molar-refractivity contribution in [3.63, 3.8) is 0 Å². The molecule has 1 aliphatic rings. The van der Waals surface area contributed by atoms with E-state index in [1.165, 1.54) is 12.8 Å². The number of nitrogens with zero attached hydrogens (tertiary/aromatic N) is 3. The van der Waals surface area contributed by atoms with Gasteiger partial charge in [0.25, 0.3) is 0 Å². The van der Waals surface area contributed by atoms with Crippen LogP contribution in [0.3, 0.4) is 0 Å². The van der Waals surface area contributed by atoms with Crippen molar-refractivity contribution in [2.24, 2.45) is 0 Å². The second-order valence-corrected chi connectivity index (χ2v) is 4.46. The maximum absolute atomic E-state index is 4.58. The van der Waals surface area contributed by atoms with Gasteiger partial charge in [0.2, 0.25) is 0 Å². The molecule has 1 N–H and O–H groups in total. The van der Waals surface area contributed by atoms with E-state index < -0.39 is 0 Å². The van der Waals surface area contributed by atoms with Crippen molar-refractivity contribution < 1.29 is 0 Å². The molecular formula is C13H16N4. The molecule has 3 rings (SSSR count). The Morgan fingerprint density at radius 3 is 3.18 bits per heavy atom. The van der Waals surface area contributed by atoms with E-state index >= 15 is 0 Å². The SMILES string of the molecule is c1cncc(-c2ccn(C[C@H]3CCCN3)n2)c1. The third-order valence-electron chi connectivity index (χ3n) is 3.17. The molecule has 88 valence electrons. The van der Waals surface area contributed by atoms with Gasteiger partial charge in [0.05, 0.1) is 12.2 Å². The van der Waals surface area contributed by atoms with Gasteiger partial charge >= 0.3 is 0 Å². The Morgan fingerprint density at radius 1 is 1.41 bits per heavy atom. The van der Waals surface area contributed by atoms with Crippen molar-refractivity contribution in [1.82, 2.24) is 20.1 Å². The normalized spacial score (nSPS) is 19.6.